The Kier molecular flexibility index (Phi) is 5.91. The average Bonchev–Trinajstić information content (AvgIpc) is 3.15. The minimum absolute atomic E-state index is 0.0176. The Morgan fingerprint density at radius 1 is 1.21 bits per heavy atom. The first-order valence-corrected chi connectivity index (χ1v) is 12.1. The molecule has 2 saturated heterocycles. The van der Waals surface area contributed by atoms with Gasteiger partial charge in [-0.25, -0.2) is 8.42 Å². The third kappa shape index (κ3) is 4.86. The van der Waals surface area contributed by atoms with E-state index in [4.69, 9.17) is 4.74 Å². The topological polar surface area (TPSA) is 100 Å². The molecule has 0 unspecified atom stereocenters. The number of sulfone groups is 1. The first kappa shape index (κ1) is 19.7. The number of carbonyl (C=O) groups excluding carboxylic acids is 1. The van der Waals surface area contributed by atoms with Crippen LogP contribution in [0.15, 0.2) is 29.3 Å². The van der Waals surface area contributed by atoms with Gasteiger partial charge >= 0.3 is 0 Å². The molecule has 0 radical (unpaired) electrons. The molecule has 1 amide bonds. The quantitative estimate of drug-likeness (QED) is 0.707. The van der Waals surface area contributed by atoms with Crippen LogP contribution in [0.25, 0.3) is 0 Å². The van der Waals surface area contributed by atoms with Gasteiger partial charge in [0.1, 0.15) is 0 Å². The second-order valence-corrected chi connectivity index (χ2v) is 10.5. The van der Waals surface area contributed by atoms with Crippen molar-refractivity contribution in [1.29, 1.82) is 0 Å². The molecule has 0 aromatic heterocycles. The molecule has 2 fully saturated rings. The standard InChI is InChI=1S/C18H24N4O4S2/c23-17(19-5-6-22-7-9-26-10-8-22)13-1-3-14(4-2-13)20-18-21-15-11-28(24,25)12-16(15)27-18/h1-4,15-16H,5-12H2,(H,19,23)(H,20,21)/t15-,16+/m0/s1. The lowest BCUT2D eigenvalue weighted by atomic mass is 10.2. The zero-order valence-electron chi connectivity index (χ0n) is 15.5. The molecule has 4 rings (SSSR count). The van der Waals surface area contributed by atoms with Crippen LogP contribution in [0.4, 0.5) is 5.69 Å². The Labute approximate surface area is 169 Å². The Hall–Kier alpha value is -1.62. The fourth-order valence-electron chi connectivity index (χ4n) is 3.50. The maximum atomic E-state index is 12.3. The number of amides is 1. The predicted molar refractivity (Wildman–Crippen MR) is 111 cm³/mol. The maximum absolute atomic E-state index is 12.3. The van der Waals surface area contributed by atoms with Crippen LogP contribution in [0.5, 0.6) is 0 Å². The minimum atomic E-state index is -2.94. The van der Waals surface area contributed by atoms with E-state index in [1.54, 1.807) is 12.1 Å². The number of nitrogens with zero attached hydrogens (tertiary/aromatic N) is 2. The van der Waals surface area contributed by atoms with Crippen molar-refractivity contribution in [1.82, 2.24) is 10.2 Å². The zero-order valence-corrected chi connectivity index (χ0v) is 17.1. The summed E-state index contributed by atoms with van der Waals surface area (Å²) in [5, 5.41) is 6.92. The van der Waals surface area contributed by atoms with E-state index in [0.717, 1.165) is 43.7 Å². The van der Waals surface area contributed by atoms with Gasteiger partial charge in [-0.3, -0.25) is 14.7 Å². The summed E-state index contributed by atoms with van der Waals surface area (Å²) >= 11 is 1.48. The summed E-state index contributed by atoms with van der Waals surface area (Å²) in [6.07, 6.45) is 0. The molecule has 10 heteroatoms. The maximum Gasteiger partial charge on any atom is 0.251 e. The lowest BCUT2D eigenvalue weighted by Crippen LogP contribution is -2.41. The van der Waals surface area contributed by atoms with Crippen LogP contribution in [0.1, 0.15) is 10.4 Å². The molecule has 0 saturated carbocycles. The van der Waals surface area contributed by atoms with Crippen molar-refractivity contribution in [2.24, 2.45) is 4.99 Å². The normalized spacial score (nSPS) is 26.5. The van der Waals surface area contributed by atoms with Crippen LogP contribution in [-0.2, 0) is 14.6 Å². The number of aliphatic imine (C=N–C) groups is 1. The number of nitrogens with one attached hydrogen (secondary N) is 2. The Morgan fingerprint density at radius 3 is 2.68 bits per heavy atom. The summed E-state index contributed by atoms with van der Waals surface area (Å²) in [7, 11) is -2.94. The van der Waals surface area contributed by atoms with Gasteiger partial charge in [-0.2, -0.15) is 0 Å². The van der Waals surface area contributed by atoms with Gasteiger partial charge in [0, 0.05) is 42.7 Å². The van der Waals surface area contributed by atoms with Crippen molar-refractivity contribution in [3.8, 4) is 0 Å². The van der Waals surface area contributed by atoms with E-state index in [1.807, 2.05) is 12.1 Å². The van der Waals surface area contributed by atoms with Gasteiger partial charge in [0.15, 0.2) is 15.0 Å². The Balaban J connectivity index is 1.25. The summed E-state index contributed by atoms with van der Waals surface area (Å²) in [5.41, 5.74) is 1.44. The first-order chi connectivity index (χ1) is 13.5. The van der Waals surface area contributed by atoms with Crippen LogP contribution >= 0.6 is 11.8 Å². The molecular weight excluding hydrogens is 400 g/mol. The third-order valence-corrected chi connectivity index (χ3v) is 8.18. The lowest BCUT2D eigenvalue weighted by Gasteiger charge is -2.26. The predicted octanol–water partition coefficient (Wildman–Crippen LogP) is 0.429. The highest BCUT2D eigenvalue weighted by Crippen LogP contribution is 2.34. The second-order valence-electron chi connectivity index (χ2n) is 7.15. The molecule has 28 heavy (non-hydrogen) atoms. The van der Waals surface area contributed by atoms with Gasteiger partial charge in [-0.1, -0.05) is 11.8 Å². The highest BCUT2D eigenvalue weighted by atomic mass is 32.2. The SMILES string of the molecule is O=C(NCCN1CCOCC1)c1ccc(NC2=N[C@H]3CS(=O)(=O)C[C@H]3S2)cc1. The molecule has 3 heterocycles. The summed E-state index contributed by atoms with van der Waals surface area (Å²) < 4.78 is 28.6. The number of anilines is 1. The molecule has 2 N–H and O–H groups in total. The van der Waals surface area contributed by atoms with Crippen molar-refractivity contribution in [3.63, 3.8) is 0 Å². The Morgan fingerprint density at radius 2 is 1.96 bits per heavy atom. The van der Waals surface area contributed by atoms with Gasteiger partial charge in [-0.15, -0.1) is 0 Å². The van der Waals surface area contributed by atoms with E-state index < -0.39 is 9.84 Å². The highest BCUT2D eigenvalue weighted by Gasteiger charge is 2.42. The molecular formula is C18H24N4O4S2. The van der Waals surface area contributed by atoms with Gasteiger partial charge < -0.3 is 15.4 Å². The molecule has 1 aromatic rings. The summed E-state index contributed by atoms with van der Waals surface area (Å²) in [4.78, 5) is 19.0. The molecule has 0 aliphatic carbocycles. The van der Waals surface area contributed by atoms with Crippen molar-refractivity contribution >= 4 is 38.4 Å². The van der Waals surface area contributed by atoms with Crippen molar-refractivity contribution < 1.29 is 17.9 Å². The number of benzene rings is 1. The second kappa shape index (κ2) is 8.40. The molecule has 3 aliphatic heterocycles. The van der Waals surface area contributed by atoms with Crippen molar-refractivity contribution in [2.75, 3.05) is 56.2 Å². The van der Waals surface area contributed by atoms with Crippen LogP contribution < -0.4 is 10.6 Å². The van der Waals surface area contributed by atoms with E-state index in [9.17, 15) is 13.2 Å². The molecule has 152 valence electrons. The fourth-order valence-corrected chi connectivity index (χ4v) is 7.17. The molecule has 2 atom stereocenters. The summed E-state index contributed by atoms with van der Waals surface area (Å²) in [6, 6.07) is 7.08. The number of carbonyl (C=O) groups is 1. The van der Waals surface area contributed by atoms with Crippen molar-refractivity contribution in [2.45, 2.75) is 11.3 Å². The number of morpholine rings is 1. The number of thioether (sulfide) groups is 1. The van der Waals surface area contributed by atoms with Gasteiger partial charge in [0.05, 0.1) is 30.8 Å². The van der Waals surface area contributed by atoms with Crippen LogP contribution in [0, 0.1) is 0 Å². The number of hydrogen-bond acceptors (Lipinski definition) is 8. The van der Waals surface area contributed by atoms with Crippen LogP contribution in [0.2, 0.25) is 0 Å². The average molecular weight is 425 g/mol. The summed E-state index contributed by atoms with van der Waals surface area (Å²) in [6.45, 7) is 4.76. The third-order valence-electron chi connectivity index (χ3n) is 5.03. The smallest absolute Gasteiger partial charge is 0.251 e. The molecule has 8 nitrogen and oxygen atoms in total. The van der Waals surface area contributed by atoms with E-state index in [2.05, 4.69) is 20.5 Å². The molecule has 0 spiro atoms. The number of fused-ring (bicyclic) bond motifs is 1. The number of hydrogen-bond donors (Lipinski definition) is 2. The van der Waals surface area contributed by atoms with E-state index in [-0.39, 0.29) is 28.7 Å². The van der Waals surface area contributed by atoms with Crippen LogP contribution in [-0.4, -0.2) is 86.6 Å². The number of rotatable bonds is 5. The lowest BCUT2D eigenvalue weighted by molar-refractivity contribution is 0.0383. The summed E-state index contributed by atoms with van der Waals surface area (Å²) in [5.74, 6) is 0.243. The van der Waals surface area contributed by atoms with E-state index in [0.29, 0.717) is 12.1 Å². The van der Waals surface area contributed by atoms with Gasteiger partial charge in [0.25, 0.3) is 5.91 Å². The first-order valence-electron chi connectivity index (χ1n) is 9.39. The van der Waals surface area contributed by atoms with E-state index in [1.165, 1.54) is 11.8 Å². The zero-order chi connectivity index (χ0) is 19.6. The highest BCUT2D eigenvalue weighted by molar-refractivity contribution is 8.15. The minimum Gasteiger partial charge on any atom is -0.379 e. The fraction of sp³-hybridized carbons (Fsp3) is 0.556. The molecule has 1 aromatic carbocycles. The largest absolute Gasteiger partial charge is 0.379 e. The monoisotopic (exact) mass is 424 g/mol. The number of ether oxygens (including phenoxy) is 1. The molecule has 3 aliphatic rings. The van der Waals surface area contributed by atoms with Crippen molar-refractivity contribution in [3.05, 3.63) is 29.8 Å². The van der Waals surface area contributed by atoms with Gasteiger partial charge in [0.2, 0.25) is 0 Å². The van der Waals surface area contributed by atoms with Gasteiger partial charge in [-0.05, 0) is 24.3 Å². The molecule has 0 bridgehead atoms. The van der Waals surface area contributed by atoms with E-state index >= 15 is 0 Å². The Bertz CT molecular complexity index is 851. The number of amidine groups is 1. The van der Waals surface area contributed by atoms with Crippen LogP contribution in [0.3, 0.4) is 0 Å².